The Hall–Kier alpha value is -2.97. The average molecular weight is 450 g/mol. The molecule has 0 saturated carbocycles. The van der Waals surface area contributed by atoms with Crippen molar-refractivity contribution in [3.05, 3.63) is 58.7 Å². The van der Waals surface area contributed by atoms with Crippen molar-refractivity contribution in [1.82, 2.24) is 14.7 Å². The molecule has 3 saturated heterocycles. The highest BCUT2D eigenvalue weighted by Gasteiger charge is 2.38. The molecule has 3 fully saturated rings. The molecule has 2 aromatic heterocycles. The van der Waals surface area contributed by atoms with Crippen molar-refractivity contribution in [1.29, 1.82) is 0 Å². The van der Waals surface area contributed by atoms with Crippen molar-refractivity contribution in [3.63, 3.8) is 0 Å². The van der Waals surface area contributed by atoms with Gasteiger partial charge < -0.3 is 11.1 Å². The molecular weight excluding hydrogens is 422 g/mol. The van der Waals surface area contributed by atoms with Gasteiger partial charge in [0.2, 0.25) is 5.91 Å². The summed E-state index contributed by atoms with van der Waals surface area (Å²) in [6, 6.07) is 11.9. The number of amides is 2. The number of benzene rings is 1. The minimum Gasteiger partial charge on any atom is -0.365 e. The maximum Gasteiger partial charge on any atom is 0.260 e. The highest BCUT2D eigenvalue weighted by Crippen LogP contribution is 2.37. The molecule has 5 heterocycles. The van der Waals surface area contributed by atoms with Gasteiger partial charge in [-0.05, 0) is 56.8 Å². The number of nitrogens with zero attached hydrogens (tertiary/aromatic N) is 3. The van der Waals surface area contributed by atoms with Gasteiger partial charge >= 0.3 is 0 Å². The Bertz CT molecular complexity index is 1140. The van der Waals surface area contributed by atoms with E-state index < -0.39 is 5.91 Å². The summed E-state index contributed by atoms with van der Waals surface area (Å²) in [6.45, 7) is 4.56. The minimum atomic E-state index is -0.531. The van der Waals surface area contributed by atoms with Crippen LogP contribution in [-0.2, 0) is 11.3 Å². The Morgan fingerprint density at radius 3 is 2.62 bits per heavy atom. The zero-order chi connectivity index (χ0) is 22.2. The van der Waals surface area contributed by atoms with Crippen LogP contribution in [0.1, 0.15) is 40.2 Å². The number of nitrogens with two attached hydrogens (primary N) is 1. The van der Waals surface area contributed by atoms with E-state index in [-0.39, 0.29) is 11.9 Å². The molecule has 3 N–H and O–H groups in total. The summed E-state index contributed by atoms with van der Waals surface area (Å²) in [6.07, 6.45) is 5.22. The van der Waals surface area contributed by atoms with Crippen molar-refractivity contribution >= 4 is 28.8 Å². The summed E-state index contributed by atoms with van der Waals surface area (Å²) < 4.78 is 1.90. The molecule has 8 heteroatoms. The second-order valence-corrected chi connectivity index (χ2v) is 9.80. The SMILES string of the molecule is Cc1nn(Cc2ccccc2)cc1-c1cc(NC(=O)[C@@H]2CC3CCN2CC3)c(C(N)=O)s1. The van der Waals surface area contributed by atoms with Gasteiger partial charge in [0.1, 0.15) is 4.88 Å². The first kappa shape index (κ1) is 20.9. The number of anilines is 1. The topological polar surface area (TPSA) is 93.2 Å². The van der Waals surface area contributed by atoms with Crippen LogP contribution in [0.25, 0.3) is 10.4 Å². The molecule has 6 rings (SSSR count). The molecule has 32 heavy (non-hydrogen) atoms. The smallest absolute Gasteiger partial charge is 0.260 e. The Kier molecular flexibility index (Phi) is 5.57. The lowest BCUT2D eigenvalue weighted by Crippen LogP contribution is -2.53. The number of fused-ring (bicyclic) bond motifs is 3. The van der Waals surface area contributed by atoms with Gasteiger partial charge in [-0.1, -0.05) is 30.3 Å². The number of piperidine rings is 3. The Morgan fingerprint density at radius 2 is 1.97 bits per heavy atom. The van der Waals surface area contributed by atoms with Gasteiger partial charge in [-0.25, -0.2) is 0 Å². The molecule has 3 aromatic rings. The standard InChI is InChI=1S/C24H27N5O2S/c1-15-18(14-29(27-15)13-17-5-3-2-4-6-17)21-12-19(22(32-21)23(25)30)26-24(31)20-11-16-7-9-28(20)10-8-16/h2-6,12,14,16,20H,7-11,13H2,1H3,(H2,25,30)(H,26,31)/t20-/m0/s1. The van der Waals surface area contributed by atoms with Gasteiger partial charge in [-0.2, -0.15) is 5.10 Å². The van der Waals surface area contributed by atoms with E-state index in [1.807, 2.05) is 42.1 Å². The summed E-state index contributed by atoms with van der Waals surface area (Å²) in [5, 5.41) is 7.64. The number of thiophene rings is 1. The summed E-state index contributed by atoms with van der Waals surface area (Å²) >= 11 is 1.30. The number of aryl methyl sites for hydroxylation is 1. The molecule has 3 aliphatic heterocycles. The fraction of sp³-hybridized carbons (Fsp3) is 0.375. The molecular formula is C24H27N5O2S. The van der Waals surface area contributed by atoms with Crippen molar-refractivity contribution in [3.8, 4) is 10.4 Å². The molecule has 0 aliphatic carbocycles. The van der Waals surface area contributed by atoms with Gasteiger partial charge in [-0.15, -0.1) is 11.3 Å². The van der Waals surface area contributed by atoms with Crippen molar-refractivity contribution < 1.29 is 9.59 Å². The molecule has 0 radical (unpaired) electrons. The first-order chi connectivity index (χ1) is 15.5. The third-order valence-corrected chi connectivity index (χ3v) is 7.74. The third kappa shape index (κ3) is 4.08. The summed E-state index contributed by atoms with van der Waals surface area (Å²) in [4.78, 5) is 28.7. The van der Waals surface area contributed by atoms with E-state index in [4.69, 9.17) is 5.73 Å². The second kappa shape index (κ2) is 8.52. The van der Waals surface area contributed by atoms with Crippen molar-refractivity contribution in [2.24, 2.45) is 11.7 Å². The monoisotopic (exact) mass is 449 g/mol. The fourth-order valence-corrected chi connectivity index (χ4v) is 5.89. The summed E-state index contributed by atoms with van der Waals surface area (Å²) in [5.74, 6) is 0.0524. The van der Waals surface area contributed by atoms with E-state index in [0.717, 1.165) is 41.2 Å². The first-order valence-electron chi connectivity index (χ1n) is 11.0. The molecule has 1 aromatic carbocycles. The lowest BCUT2D eigenvalue weighted by molar-refractivity contribution is -0.125. The Labute approximate surface area is 191 Å². The molecule has 0 spiro atoms. The summed E-state index contributed by atoms with van der Waals surface area (Å²) in [7, 11) is 0. The van der Waals surface area contributed by atoms with Gasteiger partial charge in [0.25, 0.3) is 5.91 Å². The van der Waals surface area contributed by atoms with Crippen LogP contribution in [0.4, 0.5) is 5.69 Å². The van der Waals surface area contributed by atoms with Gasteiger partial charge in [0, 0.05) is 16.6 Å². The fourth-order valence-electron chi connectivity index (χ4n) is 4.86. The normalized spacial score (nSPS) is 22.1. The quantitative estimate of drug-likeness (QED) is 0.602. The number of primary amides is 1. The molecule has 1 atom stereocenters. The van der Waals surface area contributed by atoms with Crippen molar-refractivity contribution in [2.45, 2.75) is 38.8 Å². The van der Waals surface area contributed by atoms with Gasteiger partial charge in [0.05, 0.1) is 24.0 Å². The average Bonchev–Trinajstić information content (AvgIpc) is 3.38. The van der Waals surface area contributed by atoms with E-state index in [9.17, 15) is 9.59 Å². The molecule has 0 unspecified atom stereocenters. The number of hydrogen-bond acceptors (Lipinski definition) is 5. The predicted octanol–water partition coefficient (Wildman–Crippen LogP) is 3.49. The molecule has 2 amide bonds. The van der Waals surface area contributed by atoms with Crippen LogP contribution in [0.3, 0.4) is 0 Å². The van der Waals surface area contributed by atoms with Crippen LogP contribution < -0.4 is 11.1 Å². The van der Waals surface area contributed by atoms with Crippen LogP contribution in [0, 0.1) is 12.8 Å². The molecule has 2 bridgehead atoms. The van der Waals surface area contributed by atoms with Crippen LogP contribution in [0.5, 0.6) is 0 Å². The maximum atomic E-state index is 13.0. The van der Waals surface area contributed by atoms with Gasteiger partial charge in [0.15, 0.2) is 0 Å². The number of nitrogens with one attached hydrogen (secondary N) is 1. The summed E-state index contributed by atoms with van der Waals surface area (Å²) in [5.41, 5.74) is 9.12. The molecule has 7 nitrogen and oxygen atoms in total. The van der Waals surface area contributed by atoms with Crippen LogP contribution in [0.15, 0.2) is 42.6 Å². The first-order valence-corrected chi connectivity index (χ1v) is 11.9. The van der Waals surface area contributed by atoms with Gasteiger partial charge in [-0.3, -0.25) is 19.2 Å². The number of carbonyl (C=O) groups excluding carboxylic acids is 2. The zero-order valence-corrected chi connectivity index (χ0v) is 18.9. The maximum absolute atomic E-state index is 13.0. The minimum absolute atomic E-state index is 0.0438. The molecule has 166 valence electrons. The van der Waals surface area contributed by atoms with E-state index in [0.29, 0.717) is 23.0 Å². The largest absolute Gasteiger partial charge is 0.365 e. The van der Waals surface area contributed by atoms with Crippen LogP contribution in [-0.4, -0.2) is 45.6 Å². The van der Waals surface area contributed by atoms with E-state index in [1.165, 1.54) is 24.2 Å². The van der Waals surface area contributed by atoms with Crippen molar-refractivity contribution in [2.75, 3.05) is 18.4 Å². The highest BCUT2D eigenvalue weighted by atomic mass is 32.1. The number of hydrogen-bond donors (Lipinski definition) is 2. The highest BCUT2D eigenvalue weighted by molar-refractivity contribution is 7.18. The lowest BCUT2D eigenvalue weighted by Gasteiger charge is -2.44. The van der Waals surface area contributed by atoms with E-state index >= 15 is 0 Å². The number of rotatable bonds is 6. The number of aromatic nitrogens is 2. The number of carbonyl (C=O) groups is 2. The predicted molar refractivity (Wildman–Crippen MR) is 126 cm³/mol. The van der Waals surface area contributed by atoms with Crippen LogP contribution >= 0.6 is 11.3 Å². The van der Waals surface area contributed by atoms with E-state index in [2.05, 4.69) is 27.4 Å². The Morgan fingerprint density at radius 1 is 1.22 bits per heavy atom. The zero-order valence-electron chi connectivity index (χ0n) is 18.1. The van der Waals surface area contributed by atoms with E-state index in [1.54, 1.807) is 0 Å². The second-order valence-electron chi connectivity index (χ2n) is 8.75. The molecule has 3 aliphatic rings. The third-order valence-electron chi connectivity index (χ3n) is 6.56. The van der Waals surface area contributed by atoms with Crippen LogP contribution in [0.2, 0.25) is 0 Å². The Balaban J connectivity index is 1.38. The lowest BCUT2D eigenvalue weighted by atomic mass is 9.83.